The second kappa shape index (κ2) is 4.58. The standard InChI is InChI=1S/C17H12O2/c18-11-16-8-7-15(10-17(16)19)14-6-5-12-3-1-2-4-13(12)9-14/h1-11,19H. The van der Waals surface area contributed by atoms with Gasteiger partial charge in [0.25, 0.3) is 0 Å². The van der Waals surface area contributed by atoms with Gasteiger partial charge in [0.05, 0.1) is 5.56 Å². The van der Waals surface area contributed by atoms with Crippen LogP contribution in [0.15, 0.2) is 60.7 Å². The van der Waals surface area contributed by atoms with Crippen molar-refractivity contribution in [3.63, 3.8) is 0 Å². The molecule has 2 nitrogen and oxygen atoms in total. The third-order valence-corrected chi connectivity index (χ3v) is 3.24. The lowest BCUT2D eigenvalue weighted by Crippen LogP contribution is -1.84. The Morgan fingerprint density at radius 2 is 1.47 bits per heavy atom. The highest BCUT2D eigenvalue weighted by molar-refractivity contribution is 5.88. The summed E-state index contributed by atoms with van der Waals surface area (Å²) in [5.41, 5.74) is 2.23. The van der Waals surface area contributed by atoms with Crippen LogP contribution >= 0.6 is 0 Å². The molecule has 0 aliphatic heterocycles. The summed E-state index contributed by atoms with van der Waals surface area (Å²) >= 11 is 0. The Bertz CT molecular complexity index is 760. The molecule has 0 unspecified atom stereocenters. The Morgan fingerprint density at radius 3 is 2.21 bits per heavy atom. The van der Waals surface area contributed by atoms with E-state index in [1.807, 2.05) is 24.3 Å². The molecular formula is C17H12O2. The molecule has 0 aromatic heterocycles. The van der Waals surface area contributed by atoms with Gasteiger partial charge in [0.15, 0.2) is 6.29 Å². The number of fused-ring (bicyclic) bond motifs is 1. The molecule has 0 saturated heterocycles. The number of hydrogen-bond donors (Lipinski definition) is 1. The highest BCUT2D eigenvalue weighted by Crippen LogP contribution is 2.28. The molecule has 3 rings (SSSR count). The van der Waals surface area contributed by atoms with E-state index in [4.69, 9.17) is 0 Å². The molecule has 0 fully saturated rings. The van der Waals surface area contributed by atoms with Gasteiger partial charge in [0.1, 0.15) is 5.75 Å². The van der Waals surface area contributed by atoms with Gasteiger partial charge in [0.2, 0.25) is 0 Å². The third kappa shape index (κ3) is 2.08. The number of aldehydes is 1. The van der Waals surface area contributed by atoms with Gasteiger partial charge in [-0.3, -0.25) is 4.79 Å². The first kappa shape index (κ1) is 11.5. The van der Waals surface area contributed by atoms with Gasteiger partial charge in [-0.1, -0.05) is 42.5 Å². The Hall–Kier alpha value is -2.61. The summed E-state index contributed by atoms with van der Waals surface area (Å²) in [6.45, 7) is 0. The van der Waals surface area contributed by atoms with Gasteiger partial charge < -0.3 is 5.11 Å². The van der Waals surface area contributed by atoms with Crippen molar-refractivity contribution in [2.45, 2.75) is 0 Å². The van der Waals surface area contributed by atoms with Crippen LogP contribution in [0, 0.1) is 0 Å². The molecule has 1 N–H and O–H groups in total. The van der Waals surface area contributed by atoms with Crippen molar-refractivity contribution in [2.75, 3.05) is 0 Å². The summed E-state index contributed by atoms with van der Waals surface area (Å²) in [5.74, 6) is 0.0145. The number of aromatic hydroxyl groups is 1. The first-order chi connectivity index (χ1) is 9.28. The van der Waals surface area contributed by atoms with Crippen LogP contribution in [0.2, 0.25) is 0 Å². The Balaban J connectivity index is 2.13. The van der Waals surface area contributed by atoms with Crippen molar-refractivity contribution in [3.8, 4) is 16.9 Å². The van der Waals surface area contributed by atoms with Crippen LogP contribution < -0.4 is 0 Å². The summed E-state index contributed by atoms with van der Waals surface area (Å²) in [4.78, 5) is 10.7. The zero-order valence-electron chi connectivity index (χ0n) is 10.2. The van der Waals surface area contributed by atoms with Crippen LogP contribution in [0.1, 0.15) is 10.4 Å². The topological polar surface area (TPSA) is 37.3 Å². The molecule has 0 amide bonds. The van der Waals surface area contributed by atoms with E-state index in [0.29, 0.717) is 11.8 Å². The van der Waals surface area contributed by atoms with Crippen LogP contribution in [-0.2, 0) is 0 Å². The first-order valence-electron chi connectivity index (χ1n) is 6.05. The molecule has 19 heavy (non-hydrogen) atoms. The van der Waals surface area contributed by atoms with Gasteiger partial charge >= 0.3 is 0 Å². The number of carbonyl (C=O) groups excluding carboxylic acids is 1. The summed E-state index contributed by atoms with van der Waals surface area (Å²) in [5, 5.41) is 12.1. The molecule has 0 radical (unpaired) electrons. The van der Waals surface area contributed by atoms with Crippen LogP contribution in [0.25, 0.3) is 21.9 Å². The number of hydrogen-bond acceptors (Lipinski definition) is 2. The van der Waals surface area contributed by atoms with E-state index in [-0.39, 0.29) is 5.75 Å². The highest BCUT2D eigenvalue weighted by atomic mass is 16.3. The summed E-state index contributed by atoms with van der Waals surface area (Å²) in [6, 6.07) is 19.3. The Labute approximate surface area is 110 Å². The Kier molecular flexibility index (Phi) is 2.76. The minimum atomic E-state index is 0.0145. The molecule has 0 saturated carbocycles. The monoisotopic (exact) mass is 248 g/mol. The number of carbonyl (C=O) groups is 1. The zero-order chi connectivity index (χ0) is 13.2. The van der Waals surface area contributed by atoms with Crippen LogP contribution in [0.5, 0.6) is 5.75 Å². The third-order valence-electron chi connectivity index (χ3n) is 3.24. The average molecular weight is 248 g/mol. The van der Waals surface area contributed by atoms with Gasteiger partial charge in [-0.15, -0.1) is 0 Å². The van der Waals surface area contributed by atoms with Gasteiger partial charge in [-0.05, 0) is 40.1 Å². The van der Waals surface area contributed by atoms with Crippen molar-refractivity contribution in [3.05, 3.63) is 66.2 Å². The number of rotatable bonds is 2. The molecule has 3 aromatic carbocycles. The number of phenols is 1. The minimum Gasteiger partial charge on any atom is -0.507 e. The SMILES string of the molecule is O=Cc1ccc(-c2ccc3ccccc3c2)cc1O. The summed E-state index contributed by atoms with van der Waals surface area (Å²) in [7, 11) is 0. The van der Waals surface area contributed by atoms with Crippen molar-refractivity contribution in [1.29, 1.82) is 0 Å². The van der Waals surface area contributed by atoms with E-state index in [2.05, 4.69) is 24.3 Å². The normalized spacial score (nSPS) is 10.5. The summed E-state index contributed by atoms with van der Waals surface area (Å²) in [6.07, 6.45) is 0.652. The quantitative estimate of drug-likeness (QED) is 0.695. The van der Waals surface area contributed by atoms with Gasteiger partial charge in [0, 0.05) is 0 Å². The Morgan fingerprint density at radius 1 is 0.789 bits per heavy atom. The van der Waals surface area contributed by atoms with E-state index in [0.717, 1.165) is 16.5 Å². The largest absolute Gasteiger partial charge is 0.507 e. The predicted octanol–water partition coefficient (Wildman–Crippen LogP) is 4.02. The average Bonchev–Trinajstić information content (AvgIpc) is 2.46. The smallest absolute Gasteiger partial charge is 0.153 e. The lowest BCUT2D eigenvalue weighted by molar-refractivity contribution is 0.112. The van der Waals surface area contributed by atoms with Crippen LogP contribution in [-0.4, -0.2) is 11.4 Å². The zero-order valence-corrected chi connectivity index (χ0v) is 10.2. The molecule has 0 aliphatic carbocycles. The maximum absolute atomic E-state index is 10.7. The van der Waals surface area contributed by atoms with Crippen LogP contribution in [0.4, 0.5) is 0 Å². The molecule has 0 aliphatic rings. The van der Waals surface area contributed by atoms with E-state index in [1.54, 1.807) is 12.1 Å². The molecule has 0 atom stereocenters. The second-order valence-corrected chi connectivity index (χ2v) is 4.45. The molecule has 2 heteroatoms. The molecule has 0 spiro atoms. The maximum atomic E-state index is 10.7. The van der Waals surface area contributed by atoms with Gasteiger partial charge in [-0.2, -0.15) is 0 Å². The number of phenolic OH excluding ortho intramolecular Hbond substituents is 1. The van der Waals surface area contributed by atoms with E-state index < -0.39 is 0 Å². The fourth-order valence-corrected chi connectivity index (χ4v) is 2.19. The molecular weight excluding hydrogens is 236 g/mol. The van der Waals surface area contributed by atoms with Gasteiger partial charge in [-0.25, -0.2) is 0 Å². The number of benzene rings is 3. The predicted molar refractivity (Wildman–Crippen MR) is 76.4 cm³/mol. The van der Waals surface area contributed by atoms with Crippen molar-refractivity contribution >= 4 is 17.1 Å². The van der Waals surface area contributed by atoms with Crippen LogP contribution in [0.3, 0.4) is 0 Å². The van der Waals surface area contributed by atoms with Crippen molar-refractivity contribution < 1.29 is 9.90 Å². The van der Waals surface area contributed by atoms with Crippen molar-refractivity contribution in [2.24, 2.45) is 0 Å². The van der Waals surface area contributed by atoms with E-state index in [1.165, 1.54) is 5.39 Å². The minimum absolute atomic E-state index is 0.0145. The molecule has 3 aromatic rings. The summed E-state index contributed by atoms with van der Waals surface area (Å²) < 4.78 is 0. The lowest BCUT2D eigenvalue weighted by atomic mass is 10.00. The lowest BCUT2D eigenvalue weighted by Gasteiger charge is -2.06. The maximum Gasteiger partial charge on any atom is 0.153 e. The highest BCUT2D eigenvalue weighted by Gasteiger charge is 2.04. The molecule has 92 valence electrons. The fraction of sp³-hybridized carbons (Fsp3) is 0. The molecule has 0 heterocycles. The molecule has 0 bridgehead atoms. The first-order valence-corrected chi connectivity index (χ1v) is 6.05. The van der Waals surface area contributed by atoms with E-state index >= 15 is 0 Å². The van der Waals surface area contributed by atoms with Crippen molar-refractivity contribution in [1.82, 2.24) is 0 Å². The fourth-order valence-electron chi connectivity index (χ4n) is 2.19. The second-order valence-electron chi connectivity index (χ2n) is 4.45. The van der Waals surface area contributed by atoms with E-state index in [9.17, 15) is 9.90 Å².